The predicted molar refractivity (Wildman–Crippen MR) is 62.3 cm³/mol. The molecule has 0 amide bonds. The number of esters is 1. The first-order valence-corrected chi connectivity index (χ1v) is 5.84. The Kier molecular flexibility index (Phi) is 3.85. The van der Waals surface area contributed by atoms with Crippen LogP contribution in [0, 0.1) is 5.82 Å². The molecule has 0 bridgehead atoms. The van der Waals surface area contributed by atoms with Crippen molar-refractivity contribution in [3.63, 3.8) is 0 Å². The van der Waals surface area contributed by atoms with Crippen LogP contribution in [0.3, 0.4) is 0 Å². The van der Waals surface area contributed by atoms with Crippen LogP contribution in [0.15, 0.2) is 24.3 Å². The zero-order valence-corrected chi connectivity index (χ0v) is 10.2. The lowest BCUT2D eigenvalue weighted by Crippen LogP contribution is -2.45. The fourth-order valence-electron chi connectivity index (χ4n) is 2.03. The molecule has 0 aliphatic carbocycles. The SMILES string of the molecule is N[C@H]1CCN(c2ccc(F)cc2)C1OC(=O)C(F)(F)F. The molecule has 2 atom stereocenters. The van der Waals surface area contributed by atoms with Gasteiger partial charge in [0, 0.05) is 12.2 Å². The maximum absolute atomic E-state index is 12.8. The molecule has 1 aromatic carbocycles. The number of halogens is 4. The van der Waals surface area contributed by atoms with Crippen molar-refractivity contribution in [3.05, 3.63) is 30.1 Å². The number of hydrogen-bond acceptors (Lipinski definition) is 4. The van der Waals surface area contributed by atoms with Crippen LogP contribution >= 0.6 is 0 Å². The second kappa shape index (κ2) is 5.28. The van der Waals surface area contributed by atoms with E-state index in [1.54, 1.807) is 0 Å². The maximum Gasteiger partial charge on any atom is 0.491 e. The van der Waals surface area contributed by atoms with Crippen LogP contribution in [-0.4, -0.2) is 31.0 Å². The number of benzene rings is 1. The Labute approximate surface area is 112 Å². The van der Waals surface area contributed by atoms with Crippen LogP contribution in [0.25, 0.3) is 0 Å². The molecule has 0 aromatic heterocycles. The zero-order chi connectivity index (χ0) is 14.9. The number of alkyl halides is 3. The van der Waals surface area contributed by atoms with E-state index in [9.17, 15) is 22.4 Å². The number of anilines is 1. The van der Waals surface area contributed by atoms with E-state index in [0.29, 0.717) is 18.7 Å². The summed E-state index contributed by atoms with van der Waals surface area (Å²) < 4.78 is 54.0. The third-order valence-electron chi connectivity index (χ3n) is 2.99. The van der Waals surface area contributed by atoms with Crippen molar-refractivity contribution >= 4 is 11.7 Å². The molecule has 110 valence electrons. The number of carbonyl (C=O) groups excluding carboxylic acids is 1. The number of nitrogens with two attached hydrogens (primary N) is 1. The third kappa shape index (κ3) is 3.01. The summed E-state index contributed by atoms with van der Waals surface area (Å²) in [6.45, 7) is 0.322. The zero-order valence-electron chi connectivity index (χ0n) is 10.2. The normalized spacial score (nSPS) is 22.9. The molecule has 4 nitrogen and oxygen atoms in total. The molecule has 1 heterocycles. The lowest BCUT2D eigenvalue weighted by Gasteiger charge is -2.28. The van der Waals surface area contributed by atoms with E-state index in [-0.39, 0.29) is 0 Å². The Morgan fingerprint density at radius 2 is 1.90 bits per heavy atom. The number of carbonyl (C=O) groups is 1. The van der Waals surface area contributed by atoms with Gasteiger partial charge in [-0.25, -0.2) is 9.18 Å². The van der Waals surface area contributed by atoms with Crippen molar-refractivity contribution in [2.24, 2.45) is 5.73 Å². The first-order chi connectivity index (χ1) is 9.29. The molecule has 2 N–H and O–H groups in total. The Morgan fingerprint density at radius 1 is 1.30 bits per heavy atom. The smallest absolute Gasteiger partial charge is 0.433 e. The van der Waals surface area contributed by atoms with Crippen LogP contribution in [0.5, 0.6) is 0 Å². The van der Waals surface area contributed by atoms with Gasteiger partial charge in [-0.2, -0.15) is 13.2 Å². The highest BCUT2D eigenvalue weighted by molar-refractivity contribution is 5.76. The second-order valence-corrected chi connectivity index (χ2v) is 4.42. The number of rotatable bonds is 2. The first kappa shape index (κ1) is 14.6. The van der Waals surface area contributed by atoms with E-state index in [1.807, 2.05) is 0 Å². The topological polar surface area (TPSA) is 55.6 Å². The summed E-state index contributed by atoms with van der Waals surface area (Å²) >= 11 is 0. The van der Waals surface area contributed by atoms with Gasteiger partial charge in [-0.1, -0.05) is 0 Å². The maximum atomic E-state index is 12.8. The van der Waals surface area contributed by atoms with Crippen LogP contribution in [0.2, 0.25) is 0 Å². The first-order valence-electron chi connectivity index (χ1n) is 5.84. The Hall–Kier alpha value is -1.83. The lowest BCUT2D eigenvalue weighted by molar-refractivity contribution is -0.204. The largest absolute Gasteiger partial charge is 0.491 e. The van der Waals surface area contributed by atoms with Crippen molar-refractivity contribution in [2.45, 2.75) is 24.9 Å². The molecule has 20 heavy (non-hydrogen) atoms. The van der Waals surface area contributed by atoms with E-state index in [2.05, 4.69) is 4.74 Å². The predicted octanol–water partition coefficient (Wildman–Crippen LogP) is 1.79. The summed E-state index contributed by atoms with van der Waals surface area (Å²) in [4.78, 5) is 12.3. The molecule has 1 aromatic rings. The highest BCUT2D eigenvalue weighted by atomic mass is 19.4. The molecule has 1 aliphatic rings. The molecule has 2 rings (SSSR count). The second-order valence-electron chi connectivity index (χ2n) is 4.42. The van der Waals surface area contributed by atoms with Crippen molar-refractivity contribution < 1.29 is 27.1 Å². The Morgan fingerprint density at radius 3 is 2.45 bits per heavy atom. The van der Waals surface area contributed by atoms with Gasteiger partial charge >= 0.3 is 12.1 Å². The standard InChI is InChI=1S/C12H12F4N2O2/c13-7-1-3-8(4-2-7)18-6-5-9(17)10(18)20-11(19)12(14,15)16/h1-4,9-10H,5-6,17H2/t9-,10?/m0/s1. The average molecular weight is 292 g/mol. The van der Waals surface area contributed by atoms with E-state index in [0.717, 1.165) is 0 Å². The van der Waals surface area contributed by atoms with Gasteiger partial charge in [-0.3, -0.25) is 0 Å². The highest BCUT2D eigenvalue weighted by Crippen LogP contribution is 2.28. The molecule has 1 fully saturated rings. The summed E-state index contributed by atoms with van der Waals surface area (Å²) in [5.41, 5.74) is 6.11. The third-order valence-corrected chi connectivity index (χ3v) is 2.99. The molecule has 1 aliphatic heterocycles. The fourth-order valence-corrected chi connectivity index (χ4v) is 2.03. The molecule has 0 saturated carbocycles. The van der Waals surface area contributed by atoms with Crippen LogP contribution < -0.4 is 10.6 Å². The summed E-state index contributed by atoms with van der Waals surface area (Å²) in [6, 6.07) is 4.39. The fraction of sp³-hybridized carbons (Fsp3) is 0.417. The van der Waals surface area contributed by atoms with Crippen LogP contribution in [-0.2, 0) is 9.53 Å². The summed E-state index contributed by atoms with van der Waals surface area (Å²) in [5.74, 6) is -2.76. The molecular weight excluding hydrogens is 280 g/mol. The monoisotopic (exact) mass is 292 g/mol. The van der Waals surface area contributed by atoms with Gasteiger partial charge in [0.15, 0.2) is 6.23 Å². The van der Waals surface area contributed by atoms with E-state index in [1.165, 1.54) is 29.2 Å². The molecule has 8 heteroatoms. The van der Waals surface area contributed by atoms with E-state index < -0.39 is 30.2 Å². The molecule has 1 saturated heterocycles. The van der Waals surface area contributed by atoms with Crippen LogP contribution in [0.4, 0.5) is 23.2 Å². The van der Waals surface area contributed by atoms with Crippen LogP contribution in [0.1, 0.15) is 6.42 Å². The van der Waals surface area contributed by atoms with E-state index in [4.69, 9.17) is 5.73 Å². The lowest BCUT2D eigenvalue weighted by atomic mass is 10.2. The van der Waals surface area contributed by atoms with Crippen molar-refractivity contribution in [2.75, 3.05) is 11.4 Å². The average Bonchev–Trinajstić information content (AvgIpc) is 2.71. The minimum absolute atomic E-state index is 0.322. The van der Waals surface area contributed by atoms with Gasteiger partial charge in [0.1, 0.15) is 5.82 Å². The van der Waals surface area contributed by atoms with Gasteiger partial charge in [0.2, 0.25) is 0 Å². The Balaban J connectivity index is 2.16. The van der Waals surface area contributed by atoms with Crippen molar-refractivity contribution in [3.8, 4) is 0 Å². The summed E-state index contributed by atoms with van der Waals surface area (Å²) in [5, 5.41) is 0. The van der Waals surface area contributed by atoms with Gasteiger partial charge in [-0.15, -0.1) is 0 Å². The van der Waals surface area contributed by atoms with Crippen molar-refractivity contribution in [1.29, 1.82) is 0 Å². The molecule has 0 spiro atoms. The van der Waals surface area contributed by atoms with Gasteiger partial charge < -0.3 is 15.4 Å². The number of ether oxygens (including phenoxy) is 1. The molecule has 1 unspecified atom stereocenters. The van der Waals surface area contributed by atoms with Gasteiger partial charge in [0.05, 0.1) is 6.04 Å². The minimum atomic E-state index is -5.07. The van der Waals surface area contributed by atoms with Gasteiger partial charge in [0.25, 0.3) is 0 Å². The van der Waals surface area contributed by atoms with Gasteiger partial charge in [-0.05, 0) is 30.7 Å². The quantitative estimate of drug-likeness (QED) is 0.667. The number of hydrogen-bond donors (Lipinski definition) is 1. The summed E-state index contributed by atoms with van der Waals surface area (Å²) in [6.07, 6.45) is -5.92. The molecular formula is C12H12F4N2O2. The highest BCUT2D eigenvalue weighted by Gasteiger charge is 2.45. The van der Waals surface area contributed by atoms with Crippen molar-refractivity contribution in [1.82, 2.24) is 0 Å². The number of nitrogens with zero attached hydrogens (tertiary/aromatic N) is 1. The Bertz CT molecular complexity index is 489. The minimum Gasteiger partial charge on any atom is -0.433 e. The summed E-state index contributed by atoms with van der Waals surface area (Å²) in [7, 11) is 0. The van der Waals surface area contributed by atoms with E-state index >= 15 is 0 Å². The molecule has 0 radical (unpaired) electrons.